The monoisotopic (exact) mass is 267 g/mol. The quantitative estimate of drug-likeness (QED) is 0.771. The van der Waals surface area contributed by atoms with Crippen molar-refractivity contribution in [1.29, 1.82) is 0 Å². The SMILES string of the molecule is CCC(=O)c1cccc(C(=O)CC)c1-c1ccccn1. The summed E-state index contributed by atoms with van der Waals surface area (Å²) in [5.41, 5.74) is 2.48. The van der Waals surface area contributed by atoms with E-state index in [9.17, 15) is 9.59 Å². The number of aromatic nitrogens is 1. The van der Waals surface area contributed by atoms with Gasteiger partial charge in [0.1, 0.15) is 0 Å². The maximum atomic E-state index is 12.1. The number of ketones is 2. The predicted molar refractivity (Wildman–Crippen MR) is 78.9 cm³/mol. The fourth-order valence-corrected chi connectivity index (χ4v) is 2.18. The highest BCUT2D eigenvalue weighted by Gasteiger charge is 2.19. The molecule has 1 aromatic carbocycles. The van der Waals surface area contributed by atoms with Crippen LogP contribution in [0.5, 0.6) is 0 Å². The molecule has 2 rings (SSSR count). The van der Waals surface area contributed by atoms with Crippen LogP contribution >= 0.6 is 0 Å². The number of pyridine rings is 1. The molecule has 0 atom stereocenters. The van der Waals surface area contributed by atoms with Gasteiger partial charge in [0.15, 0.2) is 11.6 Å². The highest BCUT2D eigenvalue weighted by atomic mass is 16.1. The minimum atomic E-state index is 0.0245. The molecule has 1 heterocycles. The van der Waals surface area contributed by atoms with E-state index in [1.54, 1.807) is 24.4 Å². The molecule has 102 valence electrons. The number of nitrogens with zero attached hydrogens (tertiary/aromatic N) is 1. The van der Waals surface area contributed by atoms with Crippen molar-refractivity contribution in [3.05, 3.63) is 53.7 Å². The molecule has 1 aromatic heterocycles. The van der Waals surface area contributed by atoms with Gasteiger partial charge in [0, 0.05) is 35.7 Å². The Hall–Kier alpha value is -2.29. The van der Waals surface area contributed by atoms with E-state index in [-0.39, 0.29) is 11.6 Å². The van der Waals surface area contributed by atoms with Gasteiger partial charge in [-0.2, -0.15) is 0 Å². The molecule has 0 aliphatic carbocycles. The van der Waals surface area contributed by atoms with Crippen LogP contribution in [0.1, 0.15) is 47.4 Å². The minimum absolute atomic E-state index is 0.0245. The summed E-state index contributed by atoms with van der Waals surface area (Å²) in [5, 5.41) is 0. The Kier molecular flexibility index (Phi) is 4.41. The van der Waals surface area contributed by atoms with E-state index >= 15 is 0 Å². The van der Waals surface area contributed by atoms with Gasteiger partial charge in [-0.25, -0.2) is 0 Å². The zero-order valence-corrected chi connectivity index (χ0v) is 11.7. The molecular weight excluding hydrogens is 250 g/mol. The predicted octanol–water partition coefficient (Wildman–Crippen LogP) is 3.93. The Balaban J connectivity index is 2.72. The molecule has 0 N–H and O–H groups in total. The summed E-state index contributed by atoms with van der Waals surface area (Å²) >= 11 is 0. The molecule has 0 radical (unpaired) electrons. The van der Waals surface area contributed by atoms with Gasteiger partial charge >= 0.3 is 0 Å². The second-order valence-electron chi connectivity index (χ2n) is 4.50. The van der Waals surface area contributed by atoms with Crippen molar-refractivity contribution in [2.24, 2.45) is 0 Å². The number of carbonyl (C=O) groups is 2. The second kappa shape index (κ2) is 6.24. The van der Waals surface area contributed by atoms with Gasteiger partial charge in [-0.3, -0.25) is 14.6 Å². The number of hydrogen-bond acceptors (Lipinski definition) is 3. The molecule has 2 aromatic rings. The fraction of sp³-hybridized carbons (Fsp3) is 0.235. The molecule has 0 fully saturated rings. The van der Waals surface area contributed by atoms with E-state index in [0.29, 0.717) is 35.2 Å². The third-order valence-electron chi connectivity index (χ3n) is 3.23. The molecule has 0 saturated carbocycles. The molecule has 0 aliphatic rings. The largest absolute Gasteiger partial charge is 0.294 e. The van der Waals surface area contributed by atoms with Gasteiger partial charge < -0.3 is 0 Å². The molecule has 0 aliphatic heterocycles. The van der Waals surface area contributed by atoms with Gasteiger partial charge in [0.05, 0.1) is 5.69 Å². The van der Waals surface area contributed by atoms with Crippen LogP contribution in [-0.2, 0) is 0 Å². The zero-order valence-electron chi connectivity index (χ0n) is 11.7. The summed E-state index contributed by atoms with van der Waals surface area (Å²) in [4.78, 5) is 28.6. The number of carbonyl (C=O) groups excluding carboxylic acids is 2. The molecule has 3 nitrogen and oxygen atoms in total. The molecular formula is C17H17NO2. The van der Waals surface area contributed by atoms with Crippen molar-refractivity contribution in [2.75, 3.05) is 0 Å². The summed E-state index contributed by atoms with van der Waals surface area (Å²) in [5.74, 6) is 0.0489. The van der Waals surface area contributed by atoms with Gasteiger partial charge in [0.2, 0.25) is 0 Å². The van der Waals surface area contributed by atoms with Crippen molar-refractivity contribution in [1.82, 2.24) is 4.98 Å². The van der Waals surface area contributed by atoms with Crippen molar-refractivity contribution in [3.8, 4) is 11.3 Å². The van der Waals surface area contributed by atoms with E-state index in [0.717, 1.165) is 0 Å². The molecule has 0 amide bonds. The summed E-state index contributed by atoms with van der Waals surface area (Å²) in [6, 6.07) is 10.8. The number of benzene rings is 1. The number of hydrogen-bond donors (Lipinski definition) is 0. The number of rotatable bonds is 5. The normalized spacial score (nSPS) is 10.3. The standard InChI is InChI=1S/C17H17NO2/c1-3-15(19)12-8-7-9-13(16(20)4-2)17(12)14-10-5-6-11-18-14/h5-11H,3-4H2,1-2H3. The van der Waals surface area contributed by atoms with Crippen molar-refractivity contribution in [3.63, 3.8) is 0 Å². The van der Waals surface area contributed by atoms with Crippen LogP contribution < -0.4 is 0 Å². The van der Waals surface area contributed by atoms with Crippen LogP contribution in [-0.4, -0.2) is 16.6 Å². The molecule has 0 unspecified atom stereocenters. The maximum Gasteiger partial charge on any atom is 0.163 e. The lowest BCUT2D eigenvalue weighted by molar-refractivity contribution is 0.0987. The second-order valence-corrected chi connectivity index (χ2v) is 4.50. The summed E-state index contributed by atoms with van der Waals surface area (Å²) < 4.78 is 0. The van der Waals surface area contributed by atoms with Crippen LogP contribution in [0.3, 0.4) is 0 Å². The third kappa shape index (κ3) is 2.67. The van der Waals surface area contributed by atoms with Gasteiger partial charge in [-0.05, 0) is 12.1 Å². The average Bonchev–Trinajstić information content (AvgIpc) is 2.53. The highest BCUT2D eigenvalue weighted by Crippen LogP contribution is 2.28. The first kappa shape index (κ1) is 14.1. The fourth-order valence-electron chi connectivity index (χ4n) is 2.18. The Morgan fingerprint density at radius 3 is 1.95 bits per heavy atom. The van der Waals surface area contributed by atoms with Crippen LogP contribution in [0, 0.1) is 0 Å². The van der Waals surface area contributed by atoms with Crippen LogP contribution in [0.25, 0.3) is 11.3 Å². The first-order chi connectivity index (χ1) is 9.69. The highest BCUT2D eigenvalue weighted by molar-refractivity contribution is 6.09. The van der Waals surface area contributed by atoms with Crippen molar-refractivity contribution < 1.29 is 9.59 Å². The first-order valence-electron chi connectivity index (χ1n) is 6.79. The molecule has 0 bridgehead atoms. The summed E-state index contributed by atoms with van der Waals surface area (Å²) in [6.45, 7) is 3.64. The Bertz CT molecular complexity index is 598. The van der Waals surface area contributed by atoms with E-state index in [2.05, 4.69) is 4.98 Å². The lowest BCUT2D eigenvalue weighted by atomic mass is 9.91. The van der Waals surface area contributed by atoms with E-state index < -0.39 is 0 Å². The topological polar surface area (TPSA) is 47.0 Å². The van der Waals surface area contributed by atoms with E-state index in [4.69, 9.17) is 0 Å². The van der Waals surface area contributed by atoms with Crippen LogP contribution in [0.4, 0.5) is 0 Å². The maximum absolute atomic E-state index is 12.1. The Labute approximate surface area is 118 Å². The Morgan fingerprint density at radius 2 is 1.50 bits per heavy atom. The smallest absolute Gasteiger partial charge is 0.163 e. The van der Waals surface area contributed by atoms with Crippen LogP contribution in [0.2, 0.25) is 0 Å². The molecule has 20 heavy (non-hydrogen) atoms. The number of Topliss-reactive ketones (excluding diaryl/α,β-unsaturated/α-hetero) is 2. The van der Waals surface area contributed by atoms with Crippen molar-refractivity contribution in [2.45, 2.75) is 26.7 Å². The Morgan fingerprint density at radius 1 is 0.900 bits per heavy atom. The third-order valence-corrected chi connectivity index (χ3v) is 3.23. The van der Waals surface area contributed by atoms with E-state index in [1.807, 2.05) is 32.0 Å². The van der Waals surface area contributed by atoms with Gasteiger partial charge in [0.25, 0.3) is 0 Å². The lowest BCUT2D eigenvalue weighted by Crippen LogP contribution is -2.07. The summed E-state index contributed by atoms with van der Waals surface area (Å²) in [7, 11) is 0. The van der Waals surface area contributed by atoms with Gasteiger partial charge in [-0.1, -0.05) is 38.1 Å². The first-order valence-corrected chi connectivity index (χ1v) is 6.79. The summed E-state index contributed by atoms with van der Waals surface area (Å²) in [6.07, 6.45) is 2.48. The lowest BCUT2D eigenvalue weighted by Gasteiger charge is -2.12. The van der Waals surface area contributed by atoms with Crippen molar-refractivity contribution >= 4 is 11.6 Å². The van der Waals surface area contributed by atoms with Crippen LogP contribution in [0.15, 0.2) is 42.6 Å². The molecule has 3 heteroatoms. The molecule has 0 saturated heterocycles. The molecule has 0 spiro atoms. The van der Waals surface area contributed by atoms with E-state index in [1.165, 1.54) is 0 Å². The van der Waals surface area contributed by atoms with Gasteiger partial charge in [-0.15, -0.1) is 0 Å². The minimum Gasteiger partial charge on any atom is -0.294 e. The average molecular weight is 267 g/mol. The zero-order chi connectivity index (χ0) is 14.5.